The lowest BCUT2D eigenvalue weighted by atomic mass is 9.98. The molecule has 2 aliphatic heterocycles. The van der Waals surface area contributed by atoms with Crippen molar-refractivity contribution in [2.24, 2.45) is 0 Å². The van der Waals surface area contributed by atoms with Crippen LogP contribution in [0, 0.1) is 0 Å². The second-order valence-corrected chi connectivity index (χ2v) is 3.27. The fraction of sp³-hybridized carbons (Fsp3) is 1.00. The van der Waals surface area contributed by atoms with Gasteiger partial charge in [-0.2, -0.15) is 0 Å². The van der Waals surface area contributed by atoms with Gasteiger partial charge in [0.05, 0.1) is 6.10 Å². The topological polar surface area (TPSA) is 23.5 Å². The lowest BCUT2D eigenvalue weighted by Crippen LogP contribution is -2.28. The van der Waals surface area contributed by atoms with Gasteiger partial charge in [0.1, 0.15) is 0 Å². The number of nitrogens with zero attached hydrogens (tertiary/aromatic N) is 1. The second-order valence-electron chi connectivity index (χ2n) is 3.27. The van der Waals surface area contributed by atoms with Gasteiger partial charge in [0.25, 0.3) is 0 Å². The van der Waals surface area contributed by atoms with Gasteiger partial charge in [-0.15, -0.1) is 0 Å². The van der Waals surface area contributed by atoms with E-state index >= 15 is 0 Å². The van der Waals surface area contributed by atoms with Crippen molar-refractivity contribution < 1.29 is 5.11 Å². The van der Waals surface area contributed by atoms with Gasteiger partial charge in [-0.1, -0.05) is 0 Å². The van der Waals surface area contributed by atoms with Crippen molar-refractivity contribution in [2.45, 2.75) is 37.5 Å². The van der Waals surface area contributed by atoms with E-state index in [2.05, 4.69) is 11.9 Å². The minimum atomic E-state index is -0.0197. The van der Waals surface area contributed by atoms with E-state index in [4.69, 9.17) is 0 Å². The Hall–Kier alpha value is -0.0800. The molecule has 2 saturated heterocycles. The molecule has 0 amide bonds. The summed E-state index contributed by atoms with van der Waals surface area (Å²) in [5, 5.41) is 9.35. The molecule has 2 fully saturated rings. The third-order valence-electron chi connectivity index (χ3n) is 2.85. The van der Waals surface area contributed by atoms with Crippen LogP contribution in [0.4, 0.5) is 0 Å². The predicted octanol–water partition coefficient (Wildman–Crippen LogP) is 0.214. The molecule has 2 nitrogen and oxygen atoms in total. The van der Waals surface area contributed by atoms with Crippen LogP contribution in [0.15, 0.2) is 0 Å². The zero-order valence-electron chi connectivity index (χ0n) is 5.75. The van der Waals surface area contributed by atoms with Crippen molar-refractivity contribution in [3.8, 4) is 0 Å². The molecule has 0 saturated carbocycles. The Kier molecular flexibility index (Phi) is 1.08. The third-order valence-corrected chi connectivity index (χ3v) is 2.85. The summed E-state index contributed by atoms with van der Waals surface area (Å²) in [6, 6.07) is 1.19. The van der Waals surface area contributed by atoms with E-state index in [0.29, 0.717) is 12.1 Å². The maximum Gasteiger partial charge on any atom is 0.0710 e. The fourth-order valence-electron chi connectivity index (χ4n) is 2.22. The summed E-state index contributed by atoms with van der Waals surface area (Å²) in [6.45, 7) is 0. The molecule has 0 aromatic rings. The van der Waals surface area contributed by atoms with Crippen LogP contribution in [0.3, 0.4) is 0 Å². The molecule has 1 N–H and O–H groups in total. The van der Waals surface area contributed by atoms with E-state index in [1.807, 2.05) is 0 Å². The van der Waals surface area contributed by atoms with Gasteiger partial charge < -0.3 is 5.11 Å². The lowest BCUT2D eigenvalue weighted by molar-refractivity contribution is 0.128. The first-order valence-electron chi connectivity index (χ1n) is 3.69. The van der Waals surface area contributed by atoms with Crippen molar-refractivity contribution in [2.75, 3.05) is 7.05 Å². The normalized spacial score (nSPS) is 50.7. The fourth-order valence-corrected chi connectivity index (χ4v) is 2.22. The van der Waals surface area contributed by atoms with Crippen LogP contribution < -0.4 is 0 Å². The summed E-state index contributed by atoms with van der Waals surface area (Å²) >= 11 is 0. The Morgan fingerprint density at radius 3 is 2.44 bits per heavy atom. The molecular weight excluding hydrogens is 114 g/mol. The molecular formula is C7H13NO. The number of hydrogen-bond acceptors (Lipinski definition) is 2. The third kappa shape index (κ3) is 0.634. The molecule has 2 rings (SSSR count). The molecule has 0 spiro atoms. The van der Waals surface area contributed by atoms with Gasteiger partial charge >= 0.3 is 0 Å². The van der Waals surface area contributed by atoms with Crippen LogP contribution in [-0.4, -0.2) is 35.2 Å². The summed E-state index contributed by atoms with van der Waals surface area (Å²) < 4.78 is 0. The SMILES string of the molecule is CN1[C@H]2CC[C@@H]1[C@H](O)C2. The highest BCUT2D eigenvalue weighted by molar-refractivity contribution is 4.98. The van der Waals surface area contributed by atoms with Crippen LogP contribution >= 0.6 is 0 Å². The van der Waals surface area contributed by atoms with Crippen molar-refractivity contribution in [3.05, 3.63) is 0 Å². The average Bonchev–Trinajstić information content (AvgIpc) is 2.25. The standard InChI is InChI=1S/C7H13NO/c1-8-5-2-3-6(8)7(9)4-5/h5-7,9H,2-4H2,1H3/t5-,6+,7+/m0/s1. The summed E-state index contributed by atoms with van der Waals surface area (Å²) in [7, 11) is 2.12. The molecule has 0 unspecified atom stereocenters. The van der Waals surface area contributed by atoms with Crippen LogP contribution in [0.5, 0.6) is 0 Å². The van der Waals surface area contributed by atoms with E-state index < -0.39 is 0 Å². The molecule has 2 bridgehead atoms. The highest BCUT2D eigenvalue weighted by atomic mass is 16.3. The van der Waals surface area contributed by atoms with Crippen LogP contribution in [0.25, 0.3) is 0 Å². The minimum Gasteiger partial charge on any atom is -0.391 e. The number of aliphatic hydroxyl groups is 1. The van der Waals surface area contributed by atoms with Gasteiger partial charge in [0.2, 0.25) is 0 Å². The first kappa shape index (κ1) is 5.69. The Balaban J connectivity index is 2.16. The van der Waals surface area contributed by atoms with E-state index in [-0.39, 0.29) is 6.10 Å². The van der Waals surface area contributed by atoms with E-state index in [1.54, 1.807) is 0 Å². The minimum absolute atomic E-state index is 0.0197. The van der Waals surface area contributed by atoms with Gasteiger partial charge in [-0.25, -0.2) is 0 Å². The van der Waals surface area contributed by atoms with Gasteiger partial charge in [-0.3, -0.25) is 4.90 Å². The molecule has 0 radical (unpaired) electrons. The summed E-state index contributed by atoms with van der Waals surface area (Å²) in [5.41, 5.74) is 0. The molecule has 52 valence electrons. The summed E-state index contributed by atoms with van der Waals surface area (Å²) in [4.78, 5) is 2.32. The smallest absolute Gasteiger partial charge is 0.0710 e. The molecule has 9 heavy (non-hydrogen) atoms. The van der Waals surface area contributed by atoms with Gasteiger partial charge in [0.15, 0.2) is 0 Å². The summed E-state index contributed by atoms with van der Waals surface area (Å²) in [6.07, 6.45) is 3.51. The summed E-state index contributed by atoms with van der Waals surface area (Å²) in [5.74, 6) is 0. The second kappa shape index (κ2) is 1.70. The van der Waals surface area contributed by atoms with Crippen LogP contribution in [-0.2, 0) is 0 Å². The number of rotatable bonds is 0. The largest absolute Gasteiger partial charge is 0.391 e. The Labute approximate surface area is 55.5 Å². The van der Waals surface area contributed by atoms with Crippen LogP contribution in [0.2, 0.25) is 0 Å². The zero-order valence-corrected chi connectivity index (χ0v) is 5.75. The Morgan fingerprint density at radius 2 is 2.22 bits per heavy atom. The van der Waals surface area contributed by atoms with E-state index in [0.717, 1.165) is 6.42 Å². The van der Waals surface area contributed by atoms with E-state index in [9.17, 15) is 5.11 Å². The maximum atomic E-state index is 9.35. The molecule has 2 heteroatoms. The number of hydrogen-bond donors (Lipinski definition) is 1. The molecule has 0 aromatic carbocycles. The molecule has 3 atom stereocenters. The molecule has 0 aromatic heterocycles. The van der Waals surface area contributed by atoms with E-state index in [1.165, 1.54) is 12.8 Å². The van der Waals surface area contributed by atoms with Gasteiger partial charge in [-0.05, 0) is 26.3 Å². The lowest BCUT2D eigenvalue weighted by Gasteiger charge is -2.15. The number of fused-ring (bicyclic) bond motifs is 2. The van der Waals surface area contributed by atoms with Crippen molar-refractivity contribution in [1.82, 2.24) is 4.90 Å². The maximum absolute atomic E-state index is 9.35. The highest BCUT2D eigenvalue weighted by Gasteiger charge is 2.42. The van der Waals surface area contributed by atoms with Gasteiger partial charge in [0, 0.05) is 12.1 Å². The monoisotopic (exact) mass is 127 g/mol. The molecule has 2 heterocycles. The van der Waals surface area contributed by atoms with Crippen molar-refractivity contribution in [1.29, 1.82) is 0 Å². The molecule has 2 aliphatic rings. The Bertz CT molecular complexity index is 126. The predicted molar refractivity (Wildman–Crippen MR) is 35.2 cm³/mol. The first-order chi connectivity index (χ1) is 4.29. The zero-order chi connectivity index (χ0) is 6.43. The van der Waals surface area contributed by atoms with Crippen LogP contribution in [0.1, 0.15) is 19.3 Å². The highest BCUT2D eigenvalue weighted by Crippen LogP contribution is 2.35. The van der Waals surface area contributed by atoms with Crippen molar-refractivity contribution >= 4 is 0 Å². The Morgan fingerprint density at radius 1 is 1.44 bits per heavy atom. The number of aliphatic hydroxyl groups excluding tert-OH is 1. The van der Waals surface area contributed by atoms with Crippen molar-refractivity contribution in [3.63, 3.8) is 0 Å². The number of likely N-dealkylation sites (N-methyl/N-ethyl adjacent to an activating group) is 1. The first-order valence-corrected chi connectivity index (χ1v) is 3.69. The average molecular weight is 127 g/mol. The quantitative estimate of drug-likeness (QED) is 0.503. The molecule has 0 aliphatic carbocycles.